The maximum atomic E-state index is 12.3. The van der Waals surface area contributed by atoms with E-state index in [-0.39, 0.29) is 17.3 Å². The molecule has 2 aromatic heterocycles. The predicted molar refractivity (Wildman–Crippen MR) is 65.9 cm³/mol. The molecule has 0 atom stereocenters. The molecule has 0 amide bonds. The second kappa shape index (κ2) is 4.75. The number of aromatic nitrogens is 3. The van der Waals surface area contributed by atoms with Crippen molar-refractivity contribution < 1.29 is 8.42 Å². The minimum atomic E-state index is -3.64. The third-order valence-corrected chi connectivity index (χ3v) is 4.30. The van der Waals surface area contributed by atoms with Gasteiger partial charge in [0.25, 0.3) is 0 Å². The number of H-pyrrole nitrogens is 1. The Morgan fingerprint density at radius 1 is 1.50 bits per heavy atom. The highest BCUT2D eigenvalue weighted by molar-refractivity contribution is 7.89. The topological polar surface area (TPSA) is 105 Å². The highest BCUT2D eigenvalue weighted by Crippen LogP contribution is 2.20. The molecule has 0 aromatic carbocycles. The first-order valence-corrected chi connectivity index (χ1v) is 6.60. The van der Waals surface area contributed by atoms with E-state index in [1.54, 1.807) is 12.4 Å². The number of sulfonamides is 1. The summed E-state index contributed by atoms with van der Waals surface area (Å²) in [7, 11) is -2.16. The van der Waals surface area contributed by atoms with Gasteiger partial charge in [-0.1, -0.05) is 0 Å². The second-order valence-corrected chi connectivity index (χ2v) is 5.77. The van der Waals surface area contributed by atoms with E-state index in [0.29, 0.717) is 0 Å². The fourth-order valence-corrected chi connectivity index (χ4v) is 2.72. The zero-order chi connectivity index (χ0) is 13.2. The number of nitrogen functional groups attached to an aromatic ring is 1. The van der Waals surface area contributed by atoms with Crippen molar-refractivity contribution in [2.75, 3.05) is 12.8 Å². The van der Waals surface area contributed by atoms with Crippen molar-refractivity contribution in [3.63, 3.8) is 0 Å². The van der Waals surface area contributed by atoms with Crippen molar-refractivity contribution in [1.82, 2.24) is 19.5 Å². The molecule has 18 heavy (non-hydrogen) atoms. The fraction of sp³-hybridized carbons (Fsp3) is 0.200. The Balaban J connectivity index is 2.29. The Morgan fingerprint density at radius 3 is 2.89 bits per heavy atom. The first-order valence-electron chi connectivity index (χ1n) is 5.16. The van der Waals surface area contributed by atoms with Crippen molar-refractivity contribution in [2.24, 2.45) is 0 Å². The van der Waals surface area contributed by atoms with Crippen molar-refractivity contribution in [2.45, 2.75) is 11.4 Å². The molecule has 2 aromatic rings. The summed E-state index contributed by atoms with van der Waals surface area (Å²) in [4.78, 5) is 3.79. The number of hydrogen-bond donors (Lipinski definition) is 2. The largest absolute Gasteiger partial charge is 0.383 e. The Hall–Kier alpha value is -1.93. The van der Waals surface area contributed by atoms with Crippen LogP contribution in [0.15, 0.2) is 35.6 Å². The molecule has 0 aliphatic heterocycles. The first kappa shape index (κ1) is 12.5. The minimum absolute atomic E-state index is 0.00320. The number of aromatic amines is 1. The van der Waals surface area contributed by atoms with E-state index in [9.17, 15) is 8.42 Å². The van der Waals surface area contributed by atoms with Crippen LogP contribution in [-0.4, -0.2) is 35.0 Å². The van der Waals surface area contributed by atoms with Crippen LogP contribution in [0.3, 0.4) is 0 Å². The van der Waals surface area contributed by atoms with Crippen LogP contribution >= 0.6 is 0 Å². The molecule has 8 heteroatoms. The summed E-state index contributed by atoms with van der Waals surface area (Å²) in [5.41, 5.74) is 6.35. The average molecular weight is 267 g/mol. The predicted octanol–water partition coefficient (Wildman–Crippen LogP) is 0.208. The number of pyridine rings is 1. The Labute approximate surface area is 105 Å². The third-order valence-electron chi connectivity index (χ3n) is 2.45. The number of nitrogens with zero attached hydrogens (tertiary/aromatic N) is 3. The van der Waals surface area contributed by atoms with E-state index in [2.05, 4.69) is 15.2 Å². The summed E-state index contributed by atoms with van der Waals surface area (Å²) in [5, 5.41) is 6.39. The number of anilines is 1. The lowest BCUT2D eigenvalue weighted by molar-refractivity contribution is 0.467. The van der Waals surface area contributed by atoms with Crippen LogP contribution in [0.25, 0.3) is 0 Å². The van der Waals surface area contributed by atoms with Crippen LogP contribution in [0.5, 0.6) is 0 Å². The van der Waals surface area contributed by atoms with Gasteiger partial charge in [0.1, 0.15) is 10.7 Å². The molecule has 0 aliphatic rings. The van der Waals surface area contributed by atoms with Crippen LogP contribution in [0, 0.1) is 0 Å². The van der Waals surface area contributed by atoms with E-state index in [1.165, 1.54) is 29.7 Å². The molecule has 7 nitrogen and oxygen atoms in total. The number of rotatable bonds is 4. The average Bonchev–Trinajstić information content (AvgIpc) is 2.82. The molecule has 0 unspecified atom stereocenters. The summed E-state index contributed by atoms with van der Waals surface area (Å²) in [6, 6.07) is 2.97. The monoisotopic (exact) mass is 267 g/mol. The normalized spacial score (nSPS) is 11.9. The molecule has 0 fully saturated rings. The number of hydrogen-bond acceptors (Lipinski definition) is 5. The second-order valence-electron chi connectivity index (χ2n) is 3.75. The summed E-state index contributed by atoms with van der Waals surface area (Å²) in [6.07, 6.45) is 4.65. The smallest absolute Gasteiger partial charge is 0.246 e. The lowest BCUT2D eigenvalue weighted by atomic mass is 10.4. The van der Waals surface area contributed by atoms with Gasteiger partial charge < -0.3 is 5.73 Å². The van der Waals surface area contributed by atoms with Crippen LogP contribution in [-0.2, 0) is 16.6 Å². The van der Waals surface area contributed by atoms with Crippen molar-refractivity contribution in [1.29, 1.82) is 0 Å². The molecule has 0 saturated carbocycles. The molecule has 0 spiro atoms. The van der Waals surface area contributed by atoms with E-state index >= 15 is 0 Å². The van der Waals surface area contributed by atoms with Crippen molar-refractivity contribution >= 4 is 15.8 Å². The van der Waals surface area contributed by atoms with Gasteiger partial charge in [-0.25, -0.2) is 13.4 Å². The molecule has 3 N–H and O–H groups in total. The zero-order valence-corrected chi connectivity index (χ0v) is 10.6. The molecule has 2 heterocycles. The molecule has 0 saturated heterocycles. The SMILES string of the molecule is CN(Cc1cn[nH]c1)S(=O)(=O)c1cccnc1N. The van der Waals surface area contributed by atoms with Gasteiger partial charge in [-0.2, -0.15) is 9.40 Å². The van der Waals surface area contributed by atoms with Gasteiger partial charge >= 0.3 is 0 Å². The molecular formula is C10H13N5O2S. The van der Waals surface area contributed by atoms with Crippen LogP contribution in [0.4, 0.5) is 5.82 Å². The van der Waals surface area contributed by atoms with Gasteiger partial charge in [0.15, 0.2) is 0 Å². The Bertz CT molecular complexity index is 623. The summed E-state index contributed by atoms with van der Waals surface area (Å²) in [5.74, 6) is -0.00320. The Morgan fingerprint density at radius 2 is 2.28 bits per heavy atom. The lowest BCUT2D eigenvalue weighted by Gasteiger charge is -2.16. The van der Waals surface area contributed by atoms with E-state index in [1.807, 2.05) is 0 Å². The highest BCUT2D eigenvalue weighted by atomic mass is 32.2. The molecule has 96 valence electrons. The van der Waals surface area contributed by atoms with Crippen molar-refractivity contribution in [3.05, 3.63) is 36.3 Å². The molecule has 2 rings (SSSR count). The van der Waals surface area contributed by atoms with Gasteiger partial charge in [0.05, 0.1) is 6.20 Å². The van der Waals surface area contributed by atoms with Gasteiger partial charge in [0.2, 0.25) is 10.0 Å². The summed E-state index contributed by atoms with van der Waals surface area (Å²) in [6.45, 7) is 0.215. The van der Waals surface area contributed by atoms with Crippen LogP contribution < -0.4 is 5.73 Å². The minimum Gasteiger partial charge on any atom is -0.383 e. The number of nitrogens with two attached hydrogens (primary N) is 1. The highest BCUT2D eigenvalue weighted by Gasteiger charge is 2.23. The number of nitrogens with one attached hydrogen (secondary N) is 1. The quantitative estimate of drug-likeness (QED) is 0.823. The summed E-state index contributed by atoms with van der Waals surface area (Å²) >= 11 is 0. The van der Waals surface area contributed by atoms with Crippen LogP contribution in [0.2, 0.25) is 0 Å². The van der Waals surface area contributed by atoms with Crippen LogP contribution in [0.1, 0.15) is 5.56 Å². The van der Waals surface area contributed by atoms with Gasteiger partial charge in [-0.3, -0.25) is 5.10 Å². The van der Waals surface area contributed by atoms with E-state index < -0.39 is 10.0 Å². The maximum absolute atomic E-state index is 12.3. The molecule has 0 radical (unpaired) electrons. The summed E-state index contributed by atoms with van der Waals surface area (Å²) < 4.78 is 25.7. The zero-order valence-electron chi connectivity index (χ0n) is 9.74. The molecule has 0 bridgehead atoms. The van der Waals surface area contributed by atoms with Gasteiger partial charge in [0, 0.05) is 31.5 Å². The third kappa shape index (κ3) is 2.34. The molecular weight excluding hydrogens is 254 g/mol. The first-order chi connectivity index (χ1) is 8.51. The molecule has 0 aliphatic carbocycles. The lowest BCUT2D eigenvalue weighted by Crippen LogP contribution is -2.27. The van der Waals surface area contributed by atoms with Crippen molar-refractivity contribution in [3.8, 4) is 0 Å². The standard InChI is InChI=1S/C10H13N5O2S/c1-15(7-8-5-13-14-6-8)18(16,17)9-3-2-4-12-10(9)11/h2-6H,7H2,1H3,(H2,11,12)(H,13,14). The van der Waals surface area contributed by atoms with Gasteiger partial charge in [-0.15, -0.1) is 0 Å². The van der Waals surface area contributed by atoms with Gasteiger partial charge in [-0.05, 0) is 12.1 Å². The van der Waals surface area contributed by atoms with E-state index in [4.69, 9.17) is 5.73 Å². The van der Waals surface area contributed by atoms with E-state index in [0.717, 1.165) is 5.56 Å². The Kier molecular flexibility index (Phi) is 3.30. The fourth-order valence-electron chi connectivity index (χ4n) is 1.49. The maximum Gasteiger partial charge on any atom is 0.246 e.